The van der Waals surface area contributed by atoms with Crippen molar-refractivity contribution in [2.24, 2.45) is 0 Å². The van der Waals surface area contributed by atoms with Crippen LogP contribution in [0.1, 0.15) is 12.5 Å². The van der Waals surface area contributed by atoms with E-state index in [0.29, 0.717) is 6.54 Å². The van der Waals surface area contributed by atoms with E-state index < -0.39 is 11.6 Å². The van der Waals surface area contributed by atoms with Crippen LogP contribution in [0.4, 0.5) is 8.78 Å². The highest BCUT2D eigenvalue weighted by molar-refractivity contribution is 5.35. The minimum atomic E-state index is -0.490. The van der Waals surface area contributed by atoms with E-state index in [9.17, 15) is 8.78 Å². The Balaban J connectivity index is 2.73. The average molecular weight is 195 g/mol. The third-order valence-corrected chi connectivity index (χ3v) is 1.61. The normalized spacial score (nSPS) is 9.36. The van der Waals surface area contributed by atoms with Crippen molar-refractivity contribution >= 4 is 0 Å². The Morgan fingerprint density at radius 2 is 2.14 bits per heavy atom. The zero-order valence-electron chi connectivity index (χ0n) is 7.90. The molecule has 1 rings (SSSR count). The second-order valence-corrected chi connectivity index (χ2v) is 2.71. The van der Waals surface area contributed by atoms with E-state index in [-0.39, 0.29) is 5.56 Å². The molecule has 1 nitrogen and oxygen atoms in total. The largest absolute Gasteiger partial charge is 0.306 e. The molecule has 1 aromatic rings. The van der Waals surface area contributed by atoms with Crippen LogP contribution in [0, 0.1) is 23.5 Å². The molecular weight excluding hydrogens is 184 g/mol. The smallest absolute Gasteiger partial charge is 0.139 e. The lowest BCUT2D eigenvalue weighted by molar-refractivity contribution is 0.597. The van der Waals surface area contributed by atoms with Gasteiger partial charge in [-0.15, -0.1) is 0 Å². The molecule has 0 radical (unpaired) electrons. The molecule has 3 heteroatoms. The summed E-state index contributed by atoms with van der Waals surface area (Å²) >= 11 is 0. The summed E-state index contributed by atoms with van der Waals surface area (Å²) in [4.78, 5) is 0. The number of benzene rings is 1. The summed E-state index contributed by atoms with van der Waals surface area (Å²) in [7, 11) is 0. The van der Waals surface area contributed by atoms with Gasteiger partial charge in [-0.3, -0.25) is 0 Å². The number of nitrogens with one attached hydrogen (secondary N) is 1. The lowest BCUT2D eigenvalue weighted by Gasteiger charge is -1.94. The molecule has 0 aromatic heterocycles. The van der Waals surface area contributed by atoms with E-state index >= 15 is 0 Å². The number of hydrogen-bond acceptors (Lipinski definition) is 1. The predicted octanol–water partition coefficient (Wildman–Crippen LogP) is 1.93. The van der Waals surface area contributed by atoms with E-state index in [1.54, 1.807) is 0 Å². The van der Waals surface area contributed by atoms with Crippen molar-refractivity contribution < 1.29 is 8.78 Å². The fourth-order valence-electron chi connectivity index (χ4n) is 0.920. The van der Waals surface area contributed by atoms with Crippen LogP contribution in [-0.4, -0.2) is 13.1 Å². The molecule has 0 bridgehead atoms. The van der Waals surface area contributed by atoms with Crippen LogP contribution in [0.3, 0.4) is 0 Å². The highest BCUT2D eigenvalue weighted by atomic mass is 19.1. The van der Waals surface area contributed by atoms with E-state index in [1.807, 2.05) is 6.92 Å². The first-order valence-electron chi connectivity index (χ1n) is 4.38. The molecule has 0 saturated heterocycles. The molecule has 0 aliphatic carbocycles. The van der Waals surface area contributed by atoms with Gasteiger partial charge >= 0.3 is 0 Å². The van der Waals surface area contributed by atoms with Gasteiger partial charge in [0.25, 0.3) is 0 Å². The molecule has 0 heterocycles. The van der Waals surface area contributed by atoms with Crippen molar-refractivity contribution in [3.05, 3.63) is 35.4 Å². The van der Waals surface area contributed by atoms with Crippen molar-refractivity contribution in [2.75, 3.05) is 13.1 Å². The molecule has 1 aromatic carbocycles. The van der Waals surface area contributed by atoms with Crippen LogP contribution >= 0.6 is 0 Å². The lowest BCUT2D eigenvalue weighted by atomic mass is 10.2. The molecule has 74 valence electrons. The van der Waals surface area contributed by atoms with E-state index in [0.717, 1.165) is 24.7 Å². The van der Waals surface area contributed by atoms with Crippen LogP contribution in [0.15, 0.2) is 18.2 Å². The van der Waals surface area contributed by atoms with E-state index in [2.05, 4.69) is 17.2 Å². The lowest BCUT2D eigenvalue weighted by Crippen LogP contribution is -2.11. The van der Waals surface area contributed by atoms with E-state index in [4.69, 9.17) is 0 Å². The number of rotatable bonds is 2. The van der Waals surface area contributed by atoms with Crippen LogP contribution in [-0.2, 0) is 0 Å². The molecule has 14 heavy (non-hydrogen) atoms. The molecule has 0 unspecified atom stereocenters. The first-order valence-corrected chi connectivity index (χ1v) is 4.38. The summed E-state index contributed by atoms with van der Waals surface area (Å²) in [5, 5.41) is 2.96. The summed E-state index contributed by atoms with van der Waals surface area (Å²) < 4.78 is 25.7. The number of halogens is 2. The van der Waals surface area contributed by atoms with Gasteiger partial charge in [-0.05, 0) is 24.7 Å². The zero-order valence-corrected chi connectivity index (χ0v) is 7.90. The molecule has 1 N–H and O–H groups in total. The van der Waals surface area contributed by atoms with Crippen molar-refractivity contribution in [3.8, 4) is 11.8 Å². The Morgan fingerprint density at radius 1 is 1.36 bits per heavy atom. The SMILES string of the molecule is CCNCC#Cc1cc(F)ccc1F. The molecular formula is C11H11F2N. The topological polar surface area (TPSA) is 12.0 Å². The van der Waals surface area contributed by atoms with Crippen LogP contribution in [0.25, 0.3) is 0 Å². The summed E-state index contributed by atoms with van der Waals surface area (Å²) in [6.45, 7) is 3.23. The van der Waals surface area contributed by atoms with Gasteiger partial charge in [-0.2, -0.15) is 0 Å². The molecule has 0 saturated carbocycles. The molecule has 0 aliphatic heterocycles. The Bertz CT molecular complexity index is 363. The van der Waals surface area contributed by atoms with Crippen molar-refractivity contribution in [3.63, 3.8) is 0 Å². The first-order chi connectivity index (χ1) is 6.74. The molecule has 0 spiro atoms. The molecule has 0 amide bonds. The summed E-state index contributed by atoms with van der Waals surface area (Å²) in [6, 6.07) is 3.24. The van der Waals surface area contributed by atoms with E-state index in [1.165, 1.54) is 0 Å². The summed E-state index contributed by atoms with van der Waals surface area (Å²) in [6.07, 6.45) is 0. The van der Waals surface area contributed by atoms with Gasteiger partial charge in [-0.25, -0.2) is 8.78 Å². The fraction of sp³-hybridized carbons (Fsp3) is 0.273. The minimum Gasteiger partial charge on any atom is -0.306 e. The maximum Gasteiger partial charge on any atom is 0.139 e. The van der Waals surface area contributed by atoms with Gasteiger partial charge in [0.1, 0.15) is 11.6 Å². The summed E-state index contributed by atoms with van der Waals surface area (Å²) in [5.74, 6) is 4.30. The highest BCUT2D eigenvalue weighted by Gasteiger charge is 1.99. The monoisotopic (exact) mass is 195 g/mol. The number of hydrogen-bond donors (Lipinski definition) is 1. The Kier molecular flexibility index (Phi) is 4.09. The Morgan fingerprint density at radius 3 is 2.86 bits per heavy atom. The van der Waals surface area contributed by atoms with Crippen LogP contribution in [0.5, 0.6) is 0 Å². The quantitative estimate of drug-likeness (QED) is 0.561. The second kappa shape index (κ2) is 5.36. The van der Waals surface area contributed by atoms with Crippen molar-refractivity contribution in [1.82, 2.24) is 5.32 Å². The van der Waals surface area contributed by atoms with Crippen LogP contribution in [0.2, 0.25) is 0 Å². The predicted molar refractivity (Wildman–Crippen MR) is 51.8 cm³/mol. The zero-order chi connectivity index (χ0) is 10.4. The van der Waals surface area contributed by atoms with Crippen LogP contribution < -0.4 is 5.32 Å². The third-order valence-electron chi connectivity index (χ3n) is 1.61. The maximum atomic E-state index is 13.0. The molecule has 0 atom stereocenters. The van der Waals surface area contributed by atoms with Gasteiger partial charge in [0, 0.05) is 0 Å². The summed E-state index contributed by atoms with van der Waals surface area (Å²) in [5.41, 5.74) is 0.0999. The highest BCUT2D eigenvalue weighted by Crippen LogP contribution is 2.07. The Labute approximate surface area is 82.1 Å². The average Bonchev–Trinajstić information content (AvgIpc) is 2.18. The molecule has 0 aliphatic rings. The third kappa shape index (κ3) is 3.15. The van der Waals surface area contributed by atoms with Gasteiger partial charge < -0.3 is 5.32 Å². The standard InChI is InChI=1S/C11H11F2N/c1-2-14-7-3-4-9-8-10(12)5-6-11(9)13/h5-6,8,14H,2,7H2,1H3. The van der Waals surface area contributed by atoms with Gasteiger partial charge in [0.05, 0.1) is 12.1 Å². The minimum absolute atomic E-state index is 0.0999. The van der Waals surface area contributed by atoms with Gasteiger partial charge in [0.2, 0.25) is 0 Å². The van der Waals surface area contributed by atoms with Gasteiger partial charge in [0.15, 0.2) is 0 Å². The van der Waals surface area contributed by atoms with Crippen molar-refractivity contribution in [1.29, 1.82) is 0 Å². The molecule has 0 fully saturated rings. The maximum absolute atomic E-state index is 13.0. The second-order valence-electron chi connectivity index (χ2n) is 2.71. The van der Waals surface area contributed by atoms with Crippen molar-refractivity contribution in [2.45, 2.75) is 6.92 Å². The van der Waals surface area contributed by atoms with Gasteiger partial charge in [-0.1, -0.05) is 18.8 Å². The Hall–Kier alpha value is -1.40. The fourth-order valence-corrected chi connectivity index (χ4v) is 0.920. The first kappa shape index (κ1) is 10.7.